The highest BCUT2D eigenvalue weighted by molar-refractivity contribution is 7.80. The predicted octanol–water partition coefficient (Wildman–Crippen LogP) is 0.438. The SMILES string of the molecule is O=C[C@H]1O[C@@H](S)C(OP)C1COP. The van der Waals surface area contributed by atoms with E-state index in [-0.39, 0.29) is 17.5 Å². The van der Waals surface area contributed by atoms with Gasteiger partial charge < -0.3 is 18.6 Å². The first-order chi connectivity index (χ1) is 6.24. The molecule has 13 heavy (non-hydrogen) atoms. The molecule has 0 spiro atoms. The van der Waals surface area contributed by atoms with Gasteiger partial charge in [-0.25, -0.2) is 0 Å². The maximum Gasteiger partial charge on any atom is 0.149 e. The van der Waals surface area contributed by atoms with Crippen LogP contribution < -0.4 is 0 Å². The van der Waals surface area contributed by atoms with Gasteiger partial charge in [0.25, 0.3) is 0 Å². The van der Waals surface area contributed by atoms with E-state index in [2.05, 4.69) is 31.6 Å². The Balaban J connectivity index is 2.65. The molecule has 0 amide bonds. The Morgan fingerprint density at radius 2 is 2.23 bits per heavy atom. The van der Waals surface area contributed by atoms with Crippen molar-refractivity contribution in [2.45, 2.75) is 17.6 Å². The van der Waals surface area contributed by atoms with Crippen LogP contribution in [0.4, 0.5) is 0 Å². The highest BCUT2D eigenvalue weighted by atomic mass is 32.1. The average molecular weight is 242 g/mol. The van der Waals surface area contributed by atoms with Gasteiger partial charge in [0.05, 0.1) is 6.61 Å². The topological polar surface area (TPSA) is 44.8 Å². The molecule has 4 nitrogen and oxygen atoms in total. The summed E-state index contributed by atoms with van der Waals surface area (Å²) in [5, 5.41) is 0. The number of rotatable bonds is 4. The van der Waals surface area contributed by atoms with Crippen molar-refractivity contribution >= 4 is 37.8 Å². The summed E-state index contributed by atoms with van der Waals surface area (Å²) >= 11 is 4.15. The normalized spacial score (nSPS) is 39.3. The first-order valence-corrected chi connectivity index (χ1v) is 5.16. The molecule has 76 valence electrons. The zero-order valence-corrected chi connectivity index (χ0v) is 10.0. The van der Waals surface area contributed by atoms with E-state index in [0.717, 1.165) is 6.29 Å². The second-order valence-electron chi connectivity index (χ2n) is 2.73. The van der Waals surface area contributed by atoms with Gasteiger partial charge in [-0.3, -0.25) is 0 Å². The van der Waals surface area contributed by atoms with Crippen molar-refractivity contribution in [1.82, 2.24) is 0 Å². The van der Waals surface area contributed by atoms with Crippen molar-refractivity contribution in [3.8, 4) is 0 Å². The van der Waals surface area contributed by atoms with Crippen LogP contribution in [0.25, 0.3) is 0 Å². The zero-order valence-electron chi connectivity index (χ0n) is 6.83. The summed E-state index contributed by atoms with van der Waals surface area (Å²) in [6.45, 7) is 0.393. The minimum Gasteiger partial charge on any atom is -0.365 e. The minimum atomic E-state index is -0.492. The van der Waals surface area contributed by atoms with Crippen molar-refractivity contribution in [2.75, 3.05) is 6.61 Å². The largest absolute Gasteiger partial charge is 0.365 e. The number of aldehydes is 1. The van der Waals surface area contributed by atoms with Gasteiger partial charge in [-0.05, 0) is 0 Å². The molecule has 1 aliphatic heterocycles. The van der Waals surface area contributed by atoms with Crippen molar-refractivity contribution < 1.29 is 18.6 Å². The van der Waals surface area contributed by atoms with E-state index in [0.29, 0.717) is 6.61 Å². The minimum absolute atomic E-state index is 0.102. The first kappa shape index (κ1) is 11.8. The van der Waals surface area contributed by atoms with Crippen LogP contribution in [0.1, 0.15) is 0 Å². The molecule has 1 aliphatic rings. The molecule has 0 aromatic carbocycles. The van der Waals surface area contributed by atoms with E-state index in [9.17, 15) is 4.79 Å². The molecular weight excluding hydrogens is 230 g/mol. The van der Waals surface area contributed by atoms with Crippen molar-refractivity contribution in [1.29, 1.82) is 0 Å². The molecule has 4 unspecified atom stereocenters. The van der Waals surface area contributed by atoms with E-state index in [1.54, 1.807) is 0 Å². The van der Waals surface area contributed by atoms with Gasteiger partial charge in [-0.1, -0.05) is 0 Å². The summed E-state index contributed by atoms with van der Waals surface area (Å²) in [4.78, 5) is 10.6. The summed E-state index contributed by atoms with van der Waals surface area (Å²) in [7, 11) is 4.29. The molecule has 0 radical (unpaired) electrons. The lowest BCUT2D eigenvalue weighted by atomic mass is 10.0. The van der Waals surface area contributed by atoms with Crippen LogP contribution in [0, 0.1) is 5.92 Å². The molecular formula is C6H12O4P2S. The monoisotopic (exact) mass is 242 g/mol. The van der Waals surface area contributed by atoms with E-state index in [1.165, 1.54) is 0 Å². The fourth-order valence-corrected chi connectivity index (χ4v) is 2.47. The van der Waals surface area contributed by atoms with Crippen molar-refractivity contribution in [3.05, 3.63) is 0 Å². The van der Waals surface area contributed by atoms with Gasteiger partial charge in [0.15, 0.2) is 0 Å². The van der Waals surface area contributed by atoms with Crippen LogP contribution in [0.5, 0.6) is 0 Å². The smallest absolute Gasteiger partial charge is 0.149 e. The van der Waals surface area contributed by atoms with Gasteiger partial charge in [0.1, 0.15) is 23.9 Å². The van der Waals surface area contributed by atoms with Crippen molar-refractivity contribution in [2.24, 2.45) is 5.92 Å². The van der Waals surface area contributed by atoms with Crippen LogP contribution in [0.2, 0.25) is 0 Å². The highest BCUT2D eigenvalue weighted by Gasteiger charge is 2.43. The third-order valence-electron chi connectivity index (χ3n) is 2.00. The summed E-state index contributed by atoms with van der Waals surface area (Å²) < 4.78 is 15.2. The Kier molecular flexibility index (Phi) is 5.09. The first-order valence-electron chi connectivity index (χ1n) is 3.70. The number of thiol groups is 1. The van der Waals surface area contributed by atoms with Crippen LogP contribution >= 0.6 is 31.6 Å². The molecule has 6 atom stereocenters. The lowest BCUT2D eigenvalue weighted by Crippen LogP contribution is -2.30. The molecule has 0 bridgehead atoms. The van der Waals surface area contributed by atoms with Gasteiger partial charge in [-0.15, -0.1) is 12.6 Å². The Morgan fingerprint density at radius 3 is 2.69 bits per heavy atom. The number of carbonyl (C=O) groups is 1. The van der Waals surface area contributed by atoms with E-state index in [4.69, 9.17) is 13.8 Å². The summed E-state index contributed by atoms with van der Waals surface area (Å²) in [6, 6.07) is 0. The van der Waals surface area contributed by atoms with Gasteiger partial charge in [0.2, 0.25) is 0 Å². The standard InChI is InChI=1S/C6H12O4P2S/c7-1-4-3(2-8-11)5(10-12)6(13)9-4/h1,3-6,13H,2,11-12H2/t3?,4-,5?,6+/m1/s1. The van der Waals surface area contributed by atoms with Crippen LogP contribution in [0.15, 0.2) is 0 Å². The fourth-order valence-electron chi connectivity index (χ4n) is 1.34. The maximum absolute atomic E-state index is 10.6. The van der Waals surface area contributed by atoms with Crippen molar-refractivity contribution in [3.63, 3.8) is 0 Å². The maximum atomic E-state index is 10.6. The van der Waals surface area contributed by atoms with Crippen LogP contribution in [-0.2, 0) is 18.6 Å². The fraction of sp³-hybridized carbons (Fsp3) is 0.833. The van der Waals surface area contributed by atoms with E-state index >= 15 is 0 Å². The lowest BCUT2D eigenvalue weighted by molar-refractivity contribution is -0.117. The molecule has 0 aromatic rings. The molecule has 1 heterocycles. The summed E-state index contributed by atoms with van der Waals surface area (Å²) in [6.07, 6.45) is 0.0269. The zero-order chi connectivity index (χ0) is 9.84. The molecule has 0 aromatic heterocycles. The molecule has 1 saturated heterocycles. The lowest BCUT2D eigenvalue weighted by Gasteiger charge is -2.18. The van der Waals surface area contributed by atoms with Crippen LogP contribution in [0.3, 0.4) is 0 Å². The molecule has 0 aliphatic carbocycles. The number of carbonyl (C=O) groups excluding carboxylic acids is 1. The van der Waals surface area contributed by atoms with Gasteiger partial charge in [0, 0.05) is 24.9 Å². The Morgan fingerprint density at radius 1 is 1.54 bits per heavy atom. The second-order valence-corrected chi connectivity index (χ2v) is 3.84. The Labute approximate surface area is 87.0 Å². The third-order valence-corrected chi connectivity index (χ3v) is 2.92. The number of ether oxygens (including phenoxy) is 1. The molecule has 0 saturated carbocycles. The van der Waals surface area contributed by atoms with Crippen LogP contribution in [-0.4, -0.2) is 30.5 Å². The highest BCUT2D eigenvalue weighted by Crippen LogP contribution is 2.32. The predicted molar refractivity (Wildman–Crippen MR) is 57.4 cm³/mol. The number of hydrogen-bond donors (Lipinski definition) is 1. The summed E-state index contributed by atoms with van der Waals surface area (Å²) in [5.41, 5.74) is -0.377. The van der Waals surface area contributed by atoms with E-state index < -0.39 is 6.10 Å². The number of hydrogen-bond acceptors (Lipinski definition) is 5. The molecule has 1 fully saturated rings. The van der Waals surface area contributed by atoms with Gasteiger partial charge in [-0.2, -0.15) is 0 Å². The van der Waals surface area contributed by atoms with Gasteiger partial charge >= 0.3 is 0 Å². The van der Waals surface area contributed by atoms with E-state index in [1.807, 2.05) is 0 Å². The molecule has 0 N–H and O–H groups in total. The third kappa shape index (κ3) is 2.62. The Bertz CT molecular complexity index is 182. The molecule has 7 heteroatoms. The Hall–Kier alpha value is 0.760. The second kappa shape index (κ2) is 5.59. The summed E-state index contributed by atoms with van der Waals surface area (Å²) in [5.74, 6) is -0.102. The quantitative estimate of drug-likeness (QED) is 0.441. The average Bonchev–Trinajstić information content (AvgIpc) is 2.43. The molecule has 1 rings (SSSR count).